The number of carbonyl (C=O) groups excluding carboxylic acids is 1. The summed E-state index contributed by atoms with van der Waals surface area (Å²) in [4.78, 5) is 12.0. The molecule has 1 N–H and O–H groups in total. The van der Waals surface area contributed by atoms with Crippen LogP contribution in [0.4, 0.5) is 4.39 Å². The van der Waals surface area contributed by atoms with Gasteiger partial charge in [0.15, 0.2) is 0 Å². The van der Waals surface area contributed by atoms with Crippen molar-refractivity contribution < 1.29 is 9.18 Å². The van der Waals surface area contributed by atoms with Crippen molar-refractivity contribution >= 4 is 5.91 Å². The van der Waals surface area contributed by atoms with Crippen LogP contribution in [0, 0.1) is 17.2 Å². The third kappa shape index (κ3) is 5.32. The fourth-order valence-electron chi connectivity index (χ4n) is 1.96. The van der Waals surface area contributed by atoms with Gasteiger partial charge in [-0.3, -0.25) is 4.79 Å². The Morgan fingerprint density at radius 1 is 1.25 bits per heavy atom. The van der Waals surface area contributed by atoms with Crippen molar-refractivity contribution in [2.45, 2.75) is 53.5 Å². The summed E-state index contributed by atoms with van der Waals surface area (Å²) in [7, 11) is 0. The van der Waals surface area contributed by atoms with E-state index in [2.05, 4.69) is 33.0 Å². The summed E-state index contributed by atoms with van der Waals surface area (Å²) >= 11 is 0. The molecule has 1 amide bonds. The molecule has 112 valence electrons. The molecule has 0 saturated heterocycles. The number of benzene rings is 1. The van der Waals surface area contributed by atoms with Gasteiger partial charge in [0.1, 0.15) is 5.82 Å². The van der Waals surface area contributed by atoms with Gasteiger partial charge in [0.25, 0.3) is 0 Å². The number of hydrogen-bond donors (Lipinski definition) is 1. The van der Waals surface area contributed by atoms with Crippen LogP contribution in [0.5, 0.6) is 0 Å². The van der Waals surface area contributed by atoms with E-state index in [-0.39, 0.29) is 23.2 Å². The minimum absolute atomic E-state index is 0.0382. The van der Waals surface area contributed by atoms with Crippen LogP contribution in [0.1, 0.15) is 46.6 Å². The molecular formula is C17H26FNO. The minimum atomic E-state index is -0.211. The largest absolute Gasteiger partial charge is 0.353 e. The Bertz CT molecular complexity index is 451. The molecule has 3 heteroatoms. The van der Waals surface area contributed by atoms with Crippen LogP contribution in [-0.4, -0.2) is 11.9 Å². The maximum absolute atomic E-state index is 13.5. The van der Waals surface area contributed by atoms with Gasteiger partial charge < -0.3 is 5.32 Å². The predicted molar refractivity (Wildman–Crippen MR) is 80.9 cm³/mol. The summed E-state index contributed by atoms with van der Waals surface area (Å²) in [6, 6.07) is 6.63. The molecule has 0 aromatic heterocycles. The van der Waals surface area contributed by atoms with E-state index in [1.165, 1.54) is 6.07 Å². The van der Waals surface area contributed by atoms with Gasteiger partial charge in [0.05, 0.1) is 0 Å². The first kappa shape index (κ1) is 16.7. The highest BCUT2D eigenvalue weighted by atomic mass is 19.1. The Balaban J connectivity index is 2.49. The molecule has 0 bridgehead atoms. The van der Waals surface area contributed by atoms with Gasteiger partial charge in [0, 0.05) is 12.5 Å². The Hall–Kier alpha value is -1.38. The zero-order valence-electron chi connectivity index (χ0n) is 13.2. The van der Waals surface area contributed by atoms with Crippen molar-refractivity contribution in [2.75, 3.05) is 0 Å². The molecular weight excluding hydrogens is 253 g/mol. The number of nitrogens with one attached hydrogen (secondary N) is 1. The van der Waals surface area contributed by atoms with Crippen LogP contribution < -0.4 is 5.32 Å². The summed E-state index contributed by atoms with van der Waals surface area (Å²) in [5.41, 5.74) is 0.760. The van der Waals surface area contributed by atoms with E-state index in [9.17, 15) is 9.18 Å². The first-order chi connectivity index (χ1) is 9.20. The lowest BCUT2D eigenvalue weighted by atomic mass is 9.80. The molecule has 0 spiro atoms. The van der Waals surface area contributed by atoms with Gasteiger partial charge in [-0.1, -0.05) is 45.9 Å². The summed E-state index contributed by atoms with van der Waals surface area (Å²) in [6.45, 7) is 10.4. The minimum Gasteiger partial charge on any atom is -0.353 e. The van der Waals surface area contributed by atoms with E-state index < -0.39 is 0 Å². The van der Waals surface area contributed by atoms with E-state index in [1.54, 1.807) is 12.1 Å². The fourth-order valence-corrected chi connectivity index (χ4v) is 1.96. The molecule has 0 aliphatic rings. The lowest BCUT2D eigenvalue weighted by Gasteiger charge is -2.27. The average Bonchev–Trinajstić information content (AvgIpc) is 2.30. The second-order valence-electron chi connectivity index (χ2n) is 6.74. The van der Waals surface area contributed by atoms with E-state index in [1.807, 2.05) is 13.0 Å². The molecule has 2 nitrogen and oxygen atoms in total. The Kier molecular flexibility index (Phi) is 5.73. The van der Waals surface area contributed by atoms with Gasteiger partial charge in [0.2, 0.25) is 5.91 Å². The van der Waals surface area contributed by atoms with Gasteiger partial charge in [-0.05, 0) is 36.3 Å². The quantitative estimate of drug-likeness (QED) is 0.869. The van der Waals surface area contributed by atoms with Crippen molar-refractivity contribution in [2.24, 2.45) is 11.3 Å². The van der Waals surface area contributed by atoms with Crippen LogP contribution in [0.3, 0.4) is 0 Å². The normalized spacial score (nSPS) is 14.7. The predicted octanol–water partition coefficient (Wildman–Crippen LogP) is 3.95. The zero-order valence-corrected chi connectivity index (χ0v) is 13.2. The smallest absolute Gasteiger partial charge is 0.220 e. The second-order valence-corrected chi connectivity index (χ2v) is 6.74. The van der Waals surface area contributed by atoms with Gasteiger partial charge in [-0.25, -0.2) is 4.39 Å². The Morgan fingerprint density at radius 2 is 1.85 bits per heavy atom. The van der Waals surface area contributed by atoms with E-state index in [0.717, 1.165) is 0 Å². The standard InChI is InChI=1S/C17H26FNO/c1-12(17(3,4)5)10-16(20)19-13(2)11-14-8-6-7-9-15(14)18/h6-9,12-13H,10-11H2,1-5H3,(H,19,20). The lowest BCUT2D eigenvalue weighted by Crippen LogP contribution is -2.36. The highest BCUT2D eigenvalue weighted by Crippen LogP contribution is 2.27. The number of halogens is 1. The fraction of sp³-hybridized carbons (Fsp3) is 0.588. The lowest BCUT2D eigenvalue weighted by molar-refractivity contribution is -0.123. The summed E-state index contributed by atoms with van der Waals surface area (Å²) in [6.07, 6.45) is 1.02. The molecule has 2 unspecified atom stereocenters. The topological polar surface area (TPSA) is 29.1 Å². The Labute approximate surface area is 121 Å². The van der Waals surface area contributed by atoms with Crippen LogP contribution in [0.2, 0.25) is 0 Å². The summed E-state index contributed by atoms with van der Waals surface area (Å²) in [5, 5.41) is 2.95. The van der Waals surface area contributed by atoms with E-state index >= 15 is 0 Å². The molecule has 1 aromatic rings. The van der Waals surface area contributed by atoms with E-state index in [4.69, 9.17) is 0 Å². The molecule has 0 fully saturated rings. The molecule has 0 aliphatic carbocycles. The van der Waals surface area contributed by atoms with Gasteiger partial charge in [-0.2, -0.15) is 0 Å². The average molecular weight is 279 g/mol. The number of amides is 1. The number of rotatable bonds is 5. The molecule has 0 radical (unpaired) electrons. The van der Waals surface area contributed by atoms with Crippen molar-refractivity contribution in [3.05, 3.63) is 35.6 Å². The highest BCUT2D eigenvalue weighted by molar-refractivity contribution is 5.76. The second kappa shape index (κ2) is 6.87. The first-order valence-corrected chi connectivity index (χ1v) is 7.23. The van der Waals surface area contributed by atoms with Gasteiger partial charge >= 0.3 is 0 Å². The molecule has 1 aromatic carbocycles. The maximum atomic E-state index is 13.5. The van der Waals surface area contributed by atoms with Crippen molar-refractivity contribution in [1.82, 2.24) is 5.32 Å². The van der Waals surface area contributed by atoms with Crippen molar-refractivity contribution in [1.29, 1.82) is 0 Å². The SMILES string of the molecule is CC(Cc1ccccc1F)NC(=O)CC(C)C(C)(C)C. The van der Waals surface area contributed by atoms with Crippen LogP contribution in [0.15, 0.2) is 24.3 Å². The molecule has 1 rings (SSSR count). The molecule has 2 atom stereocenters. The van der Waals surface area contributed by atoms with Crippen LogP contribution >= 0.6 is 0 Å². The molecule has 0 aliphatic heterocycles. The third-order valence-corrected chi connectivity index (χ3v) is 3.86. The highest BCUT2D eigenvalue weighted by Gasteiger charge is 2.23. The summed E-state index contributed by atoms with van der Waals surface area (Å²) < 4.78 is 13.5. The molecule has 0 heterocycles. The Morgan fingerprint density at radius 3 is 2.40 bits per heavy atom. The van der Waals surface area contributed by atoms with Crippen LogP contribution in [0.25, 0.3) is 0 Å². The molecule has 0 saturated carbocycles. The maximum Gasteiger partial charge on any atom is 0.220 e. The molecule has 20 heavy (non-hydrogen) atoms. The van der Waals surface area contributed by atoms with Crippen LogP contribution in [-0.2, 0) is 11.2 Å². The first-order valence-electron chi connectivity index (χ1n) is 7.23. The van der Waals surface area contributed by atoms with Gasteiger partial charge in [-0.15, -0.1) is 0 Å². The summed E-state index contributed by atoms with van der Waals surface area (Å²) in [5.74, 6) is 0.135. The number of hydrogen-bond acceptors (Lipinski definition) is 1. The van der Waals surface area contributed by atoms with Crippen molar-refractivity contribution in [3.63, 3.8) is 0 Å². The van der Waals surface area contributed by atoms with E-state index in [0.29, 0.717) is 24.3 Å². The monoisotopic (exact) mass is 279 g/mol. The third-order valence-electron chi connectivity index (χ3n) is 3.86. The zero-order chi connectivity index (χ0) is 15.3. The number of carbonyl (C=O) groups is 1. The van der Waals surface area contributed by atoms with Crippen molar-refractivity contribution in [3.8, 4) is 0 Å².